The largest absolute Gasteiger partial charge is 0.365 e. The third-order valence-corrected chi connectivity index (χ3v) is 5.80. The molecule has 5 nitrogen and oxygen atoms in total. The Bertz CT molecular complexity index is 330. The Kier molecular flexibility index (Phi) is 7.29. The van der Waals surface area contributed by atoms with Gasteiger partial charge in [0.15, 0.2) is 6.35 Å². The van der Waals surface area contributed by atoms with Crippen molar-refractivity contribution < 1.29 is 9.90 Å². The van der Waals surface area contributed by atoms with E-state index in [1.807, 2.05) is 11.8 Å². The summed E-state index contributed by atoms with van der Waals surface area (Å²) in [5.74, 6) is 1.26. The zero-order chi connectivity index (χ0) is 15.1. The summed E-state index contributed by atoms with van der Waals surface area (Å²) in [4.78, 5) is 11.7. The van der Waals surface area contributed by atoms with Crippen LogP contribution in [0.3, 0.4) is 0 Å². The second-order valence-electron chi connectivity index (χ2n) is 6.04. The number of hydrogen-bond donors (Lipinski definition) is 4. The predicted octanol–water partition coefficient (Wildman–Crippen LogP) is 1.17. The second-order valence-corrected chi connectivity index (χ2v) is 7.31. The first-order valence-electron chi connectivity index (χ1n) is 8.29. The molecule has 0 aromatic rings. The number of carbonyl (C=O) groups excluding carboxylic acids is 1. The standard InChI is InChI=1S/C15H29N3O2S/c1-2-3-6-9-16-13(19)8-5-4-7-12-14-11(10-21-12)17-15(20)18-14/h11-12,14-15,17-18,20H,2-10H2,1H3,(H,16,19)/t11?,12-,14?,15?/m0/s1. The molecule has 0 aromatic heterocycles. The van der Waals surface area contributed by atoms with Crippen LogP contribution in [0, 0.1) is 0 Å². The minimum Gasteiger partial charge on any atom is -0.365 e. The maximum atomic E-state index is 11.7. The molecule has 122 valence electrons. The molecule has 3 unspecified atom stereocenters. The van der Waals surface area contributed by atoms with E-state index in [0.717, 1.165) is 38.0 Å². The topological polar surface area (TPSA) is 73.4 Å². The van der Waals surface area contributed by atoms with Gasteiger partial charge in [0.25, 0.3) is 0 Å². The second kappa shape index (κ2) is 8.98. The Hall–Kier alpha value is -0.300. The SMILES string of the molecule is CCCCCNC(=O)CCCC[C@@H]1SCC2NC(O)NC21. The van der Waals surface area contributed by atoms with Gasteiger partial charge in [-0.3, -0.25) is 15.4 Å². The Morgan fingerprint density at radius 3 is 2.95 bits per heavy atom. The van der Waals surface area contributed by atoms with Crippen LogP contribution in [-0.4, -0.2) is 47.0 Å². The number of fused-ring (bicyclic) bond motifs is 1. The molecule has 2 aliphatic rings. The van der Waals surface area contributed by atoms with Crippen molar-refractivity contribution >= 4 is 17.7 Å². The van der Waals surface area contributed by atoms with Gasteiger partial charge in [-0.25, -0.2) is 0 Å². The summed E-state index contributed by atoms with van der Waals surface area (Å²) < 4.78 is 0. The minimum atomic E-state index is -0.544. The third-order valence-electron chi connectivity index (χ3n) is 4.29. The summed E-state index contributed by atoms with van der Waals surface area (Å²) in [5, 5.41) is 19.4. The molecule has 2 saturated heterocycles. The van der Waals surface area contributed by atoms with Crippen LogP contribution in [0.25, 0.3) is 0 Å². The van der Waals surface area contributed by atoms with Crippen molar-refractivity contribution in [3.63, 3.8) is 0 Å². The maximum Gasteiger partial charge on any atom is 0.219 e. The van der Waals surface area contributed by atoms with Crippen molar-refractivity contribution in [1.82, 2.24) is 16.0 Å². The molecule has 0 aliphatic carbocycles. The maximum absolute atomic E-state index is 11.7. The van der Waals surface area contributed by atoms with Crippen molar-refractivity contribution in [2.45, 2.75) is 75.6 Å². The van der Waals surface area contributed by atoms with Crippen LogP contribution in [0.1, 0.15) is 51.9 Å². The first kappa shape index (κ1) is 17.1. The van der Waals surface area contributed by atoms with Gasteiger partial charge in [0.2, 0.25) is 5.91 Å². The highest BCUT2D eigenvalue weighted by Gasteiger charge is 2.42. The lowest BCUT2D eigenvalue weighted by Gasteiger charge is -2.17. The van der Waals surface area contributed by atoms with Crippen LogP contribution in [-0.2, 0) is 4.79 Å². The highest BCUT2D eigenvalue weighted by atomic mass is 32.2. The van der Waals surface area contributed by atoms with Crippen molar-refractivity contribution in [3.05, 3.63) is 0 Å². The van der Waals surface area contributed by atoms with Gasteiger partial charge < -0.3 is 10.4 Å². The Morgan fingerprint density at radius 1 is 1.29 bits per heavy atom. The lowest BCUT2D eigenvalue weighted by atomic mass is 10.0. The van der Waals surface area contributed by atoms with Gasteiger partial charge in [0.05, 0.1) is 0 Å². The monoisotopic (exact) mass is 315 g/mol. The number of hydrogen-bond acceptors (Lipinski definition) is 5. The fourth-order valence-electron chi connectivity index (χ4n) is 3.09. The number of aliphatic hydroxyl groups is 1. The molecule has 1 amide bonds. The molecule has 0 bridgehead atoms. The molecular weight excluding hydrogens is 286 g/mol. The van der Waals surface area contributed by atoms with Crippen LogP contribution < -0.4 is 16.0 Å². The van der Waals surface area contributed by atoms with Crippen LogP contribution in [0.4, 0.5) is 0 Å². The number of carbonyl (C=O) groups is 1. The summed E-state index contributed by atoms with van der Waals surface area (Å²) in [5.41, 5.74) is 0. The Morgan fingerprint density at radius 2 is 2.14 bits per heavy atom. The molecule has 2 heterocycles. The highest BCUT2D eigenvalue weighted by molar-refractivity contribution is 8.00. The molecule has 21 heavy (non-hydrogen) atoms. The predicted molar refractivity (Wildman–Crippen MR) is 87.1 cm³/mol. The van der Waals surface area contributed by atoms with Gasteiger partial charge in [-0.1, -0.05) is 26.2 Å². The van der Waals surface area contributed by atoms with E-state index in [2.05, 4.69) is 22.9 Å². The number of nitrogens with one attached hydrogen (secondary N) is 3. The summed E-state index contributed by atoms with van der Waals surface area (Å²) in [6, 6.07) is 0.782. The smallest absolute Gasteiger partial charge is 0.219 e. The van der Waals surface area contributed by atoms with Crippen molar-refractivity contribution in [2.24, 2.45) is 0 Å². The van der Waals surface area contributed by atoms with Gasteiger partial charge in [-0.2, -0.15) is 11.8 Å². The molecule has 0 aromatic carbocycles. The molecular formula is C15H29N3O2S. The fraction of sp³-hybridized carbons (Fsp3) is 0.933. The van der Waals surface area contributed by atoms with E-state index in [-0.39, 0.29) is 5.91 Å². The lowest BCUT2D eigenvalue weighted by molar-refractivity contribution is -0.121. The average Bonchev–Trinajstić information content (AvgIpc) is 2.99. The van der Waals surface area contributed by atoms with E-state index in [1.165, 1.54) is 12.8 Å². The van der Waals surface area contributed by atoms with E-state index in [4.69, 9.17) is 0 Å². The van der Waals surface area contributed by atoms with Crippen LogP contribution in [0.15, 0.2) is 0 Å². The third kappa shape index (κ3) is 5.43. The molecule has 4 atom stereocenters. The van der Waals surface area contributed by atoms with Gasteiger partial charge >= 0.3 is 0 Å². The summed E-state index contributed by atoms with van der Waals surface area (Å²) in [7, 11) is 0. The van der Waals surface area contributed by atoms with Gasteiger partial charge in [0, 0.05) is 36.1 Å². The van der Waals surface area contributed by atoms with Gasteiger partial charge in [-0.05, 0) is 19.3 Å². The van der Waals surface area contributed by atoms with Crippen molar-refractivity contribution in [2.75, 3.05) is 12.3 Å². The van der Waals surface area contributed by atoms with Crippen LogP contribution >= 0.6 is 11.8 Å². The zero-order valence-electron chi connectivity index (χ0n) is 12.9. The summed E-state index contributed by atoms with van der Waals surface area (Å²) in [6.07, 6.45) is 6.74. The lowest BCUT2D eigenvalue weighted by Crippen LogP contribution is -2.38. The molecule has 0 radical (unpaired) electrons. The average molecular weight is 315 g/mol. The summed E-state index contributed by atoms with van der Waals surface area (Å²) in [6.45, 7) is 2.99. The quantitative estimate of drug-likeness (QED) is 0.481. The first-order valence-corrected chi connectivity index (χ1v) is 9.34. The Labute approximate surface area is 132 Å². The van der Waals surface area contributed by atoms with Crippen molar-refractivity contribution in [3.8, 4) is 0 Å². The molecule has 6 heteroatoms. The number of amides is 1. The Balaban J connectivity index is 1.51. The van der Waals surface area contributed by atoms with Crippen molar-refractivity contribution in [1.29, 1.82) is 0 Å². The molecule has 2 rings (SSSR count). The molecule has 2 fully saturated rings. The number of thioether (sulfide) groups is 1. The zero-order valence-corrected chi connectivity index (χ0v) is 13.8. The normalized spacial score (nSPS) is 31.3. The first-order chi connectivity index (χ1) is 10.2. The van der Waals surface area contributed by atoms with E-state index in [1.54, 1.807) is 0 Å². The highest BCUT2D eigenvalue weighted by Crippen LogP contribution is 2.33. The molecule has 2 aliphatic heterocycles. The number of unbranched alkanes of at least 4 members (excludes halogenated alkanes) is 3. The van der Waals surface area contributed by atoms with E-state index >= 15 is 0 Å². The van der Waals surface area contributed by atoms with E-state index < -0.39 is 6.35 Å². The van der Waals surface area contributed by atoms with E-state index in [0.29, 0.717) is 23.8 Å². The molecule has 0 spiro atoms. The summed E-state index contributed by atoms with van der Waals surface area (Å²) >= 11 is 1.98. The number of aliphatic hydroxyl groups excluding tert-OH is 1. The molecule has 0 saturated carbocycles. The van der Waals surface area contributed by atoms with Crippen LogP contribution in [0.2, 0.25) is 0 Å². The number of rotatable bonds is 9. The fourth-order valence-corrected chi connectivity index (χ4v) is 4.65. The van der Waals surface area contributed by atoms with Crippen LogP contribution in [0.5, 0.6) is 0 Å². The van der Waals surface area contributed by atoms with E-state index in [9.17, 15) is 9.90 Å². The molecule has 4 N–H and O–H groups in total. The van der Waals surface area contributed by atoms with Gasteiger partial charge in [0.1, 0.15) is 0 Å². The minimum absolute atomic E-state index is 0.194. The van der Waals surface area contributed by atoms with Gasteiger partial charge in [-0.15, -0.1) is 0 Å².